The van der Waals surface area contributed by atoms with Gasteiger partial charge in [-0.2, -0.15) is 5.10 Å². The highest BCUT2D eigenvalue weighted by molar-refractivity contribution is 5.88. The van der Waals surface area contributed by atoms with E-state index < -0.39 is 5.97 Å². The van der Waals surface area contributed by atoms with E-state index in [-0.39, 0.29) is 5.56 Å². The number of anilines is 1. The number of hydrogen-bond acceptors (Lipinski definition) is 5. The fourth-order valence-corrected chi connectivity index (χ4v) is 3.67. The van der Waals surface area contributed by atoms with Crippen LogP contribution in [0.1, 0.15) is 28.8 Å². The zero-order chi connectivity index (χ0) is 20.4. The van der Waals surface area contributed by atoms with Crippen molar-refractivity contribution < 1.29 is 19.4 Å². The molecule has 2 heterocycles. The first-order valence-electron chi connectivity index (χ1n) is 9.54. The normalized spacial score (nSPS) is 13.2. The summed E-state index contributed by atoms with van der Waals surface area (Å²) in [6.07, 6.45) is 2.99. The lowest BCUT2D eigenvalue weighted by atomic mass is 10.0. The molecule has 2 aromatic carbocycles. The molecule has 1 aliphatic rings. The van der Waals surface area contributed by atoms with Crippen LogP contribution in [-0.4, -0.2) is 41.6 Å². The Labute approximate surface area is 168 Å². The van der Waals surface area contributed by atoms with E-state index in [4.69, 9.17) is 14.6 Å². The van der Waals surface area contributed by atoms with Crippen molar-refractivity contribution in [1.82, 2.24) is 9.78 Å². The number of methoxy groups -OCH3 is 2. The van der Waals surface area contributed by atoms with Crippen molar-refractivity contribution in [1.29, 1.82) is 0 Å². The van der Waals surface area contributed by atoms with Gasteiger partial charge in [0, 0.05) is 23.7 Å². The number of nitrogens with zero attached hydrogens (tertiary/aromatic N) is 2. The zero-order valence-corrected chi connectivity index (χ0v) is 16.4. The molecule has 0 radical (unpaired) electrons. The third-order valence-corrected chi connectivity index (χ3v) is 5.13. The molecular formula is C22H23N3O4. The molecule has 0 bridgehead atoms. The average Bonchev–Trinajstić information content (AvgIpc) is 2.93. The Morgan fingerprint density at radius 1 is 1.14 bits per heavy atom. The van der Waals surface area contributed by atoms with E-state index in [0.717, 1.165) is 48.4 Å². The van der Waals surface area contributed by atoms with Crippen molar-refractivity contribution in [3.05, 3.63) is 53.6 Å². The molecule has 3 aromatic rings. The van der Waals surface area contributed by atoms with E-state index in [9.17, 15) is 9.90 Å². The summed E-state index contributed by atoms with van der Waals surface area (Å²) in [5.41, 5.74) is 3.74. The Kier molecular flexibility index (Phi) is 5.12. The molecule has 0 amide bonds. The number of aromatic nitrogens is 2. The summed E-state index contributed by atoms with van der Waals surface area (Å²) in [6.45, 7) is 0.844. The van der Waals surface area contributed by atoms with Crippen LogP contribution in [0.25, 0.3) is 16.9 Å². The molecule has 0 aliphatic carbocycles. The third kappa shape index (κ3) is 3.51. The van der Waals surface area contributed by atoms with Gasteiger partial charge in [0.15, 0.2) is 0 Å². The Bertz CT molecular complexity index is 1060. The lowest BCUT2D eigenvalue weighted by Crippen LogP contribution is -2.08. The first kappa shape index (κ1) is 18.9. The van der Waals surface area contributed by atoms with Crippen molar-refractivity contribution in [2.45, 2.75) is 19.3 Å². The molecular weight excluding hydrogens is 370 g/mol. The monoisotopic (exact) mass is 393 g/mol. The van der Waals surface area contributed by atoms with Gasteiger partial charge in [-0.3, -0.25) is 0 Å². The number of benzene rings is 2. The maximum Gasteiger partial charge on any atom is 0.335 e. The number of carboxylic acid groups (broad SMARTS) is 1. The summed E-state index contributed by atoms with van der Waals surface area (Å²) < 4.78 is 12.7. The SMILES string of the molecule is COc1ccc(-c2nn(-c3cccc(C(=O)O)c3)c3c2CCCCN3)c(OC)c1. The van der Waals surface area contributed by atoms with E-state index in [1.54, 1.807) is 37.1 Å². The Morgan fingerprint density at radius 3 is 2.76 bits per heavy atom. The third-order valence-electron chi connectivity index (χ3n) is 5.13. The van der Waals surface area contributed by atoms with Crippen LogP contribution < -0.4 is 14.8 Å². The van der Waals surface area contributed by atoms with Crippen LogP contribution in [0.3, 0.4) is 0 Å². The van der Waals surface area contributed by atoms with Gasteiger partial charge in [-0.1, -0.05) is 6.07 Å². The van der Waals surface area contributed by atoms with Crippen molar-refractivity contribution >= 4 is 11.8 Å². The summed E-state index contributed by atoms with van der Waals surface area (Å²) in [5.74, 6) is 1.33. The average molecular weight is 393 g/mol. The molecule has 4 rings (SSSR count). The highest BCUT2D eigenvalue weighted by Gasteiger charge is 2.24. The minimum atomic E-state index is -0.963. The van der Waals surface area contributed by atoms with Crippen molar-refractivity contribution in [3.63, 3.8) is 0 Å². The smallest absolute Gasteiger partial charge is 0.335 e. The zero-order valence-electron chi connectivity index (χ0n) is 16.4. The standard InChI is InChI=1S/C22H23N3O4/c1-28-16-9-10-17(19(13-16)29-2)20-18-8-3-4-11-23-21(18)25(24-20)15-7-5-6-14(12-15)22(26)27/h5-7,9-10,12-13,23H,3-4,8,11H2,1-2H3,(H,26,27). The number of ether oxygens (including phenoxy) is 2. The van der Waals surface area contributed by atoms with Crippen molar-refractivity contribution in [3.8, 4) is 28.4 Å². The summed E-state index contributed by atoms with van der Waals surface area (Å²) >= 11 is 0. The van der Waals surface area contributed by atoms with E-state index in [1.165, 1.54) is 0 Å². The Balaban J connectivity index is 1.91. The second-order valence-corrected chi connectivity index (χ2v) is 6.89. The minimum Gasteiger partial charge on any atom is -0.497 e. The summed E-state index contributed by atoms with van der Waals surface area (Å²) in [5, 5.41) is 17.7. The first-order chi connectivity index (χ1) is 14.1. The molecule has 0 atom stereocenters. The maximum absolute atomic E-state index is 11.4. The van der Waals surface area contributed by atoms with Gasteiger partial charge in [-0.05, 0) is 49.6 Å². The van der Waals surface area contributed by atoms with Crippen molar-refractivity contribution in [2.75, 3.05) is 26.1 Å². The molecule has 2 N–H and O–H groups in total. The van der Waals surface area contributed by atoms with E-state index >= 15 is 0 Å². The van der Waals surface area contributed by atoms with Gasteiger partial charge >= 0.3 is 5.97 Å². The molecule has 0 fully saturated rings. The maximum atomic E-state index is 11.4. The lowest BCUT2D eigenvalue weighted by molar-refractivity contribution is 0.0697. The van der Waals surface area contributed by atoms with Gasteiger partial charge in [-0.25, -0.2) is 9.48 Å². The fraction of sp³-hybridized carbons (Fsp3) is 0.273. The predicted octanol–water partition coefficient (Wildman–Crippen LogP) is 4.00. The lowest BCUT2D eigenvalue weighted by Gasteiger charge is -2.10. The number of rotatable bonds is 5. The number of nitrogens with one attached hydrogen (secondary N) is 1. The second kappa shape index (κ2) is 7.87. The Morgan fingerprint density at radius 2 is 2.00 bits per heavy atom. The molecule has 150 valence electrons. The van der Waals surface area contributed by atoms with E-state index in [2.05, 4.69) is 5.32 Å². The number of fused-ring (bicyclic) bond motifs is 1. The molecule has 0 saturated carbocycles. The molecule has 1 aromatic heterocycles. The highest BCUT2D eigenvalue weighted by Crippen LogP contribution is 2.39. The summed E-state index contributed by atoms with van der Waals surface area (Å²) in [4.78, 5) is 11.4. The van der Waals surface area contributed by atoms with Crippen molar-refractivity contribution in [2.24, 2.45) is 0 Å². The van der Waals surface area contributed by atoms with Gasteiger partial charge in [-0.15, -0.1) is 0 Å². The van der Waals surface area contributed by atoms with Crippen LogP contribution in [0.2, 0.25) is 0 Å². The van der Waals surface area contributed by atoms with Crippen LogP contribution in [0.15, 0.2) is 42.5 Å². The van der Waals surface area contributed by atoms with E-state index in [1.807, 2.05) is 24.3 Å². The highest BCUT2D eigenvalue weighted by atomic mass is 16.5. The van der Waals surface area contributed by atoms with Crippen LogP contribution in [0, 0.1) is 0 Å². The number of hydrogen-bond donors (Lipinski definition) is 2. The molecule has 0 spiro atoms. The van der Waals surface area contributed by atoms with Crippen LogP contribution in [0.4, 0.5) is 5.82 Å². The summed E-state index contributed by atoms with van der Waals surface area (Å²) in [7, 11) is 3.25. The predicted molar refractivity (Wildman–Crippen MR) is 110 cm³/mol. The molecule has 7 heteroatoms. The fourth-order valence-electron chi connectivity index (χ4n) is 3.67. The topological polar surface area (TPSA) is 85.6 Å². The van der Waals surface area contributed by atoms with Gasteiger partial charge in [0.05, 0.1) is 25.5 Å². The first-order valence-corrected chi connectivity index (χ1v) is 9.54. The second-order valence-electron chi connectivity index (χ2n) is 6.89. The molecule has 1 aliphatic heterocycles. The number of carboxylic acids is 1. The Hall–Kier alpha value is -3.48. The van der Waals surface area contributed by atoms with Gasteiger partial charge in [0.2, 0.25) is 0 Å². The van der Waals surface area contributed by atoms with Gasteiger partial charge in [0.25, 0.3) is 0 Å². The number of aromatic carboxylic acids is 1. The van der Waals surface area contributed by atoms with Crippen LogP contribution in [0.5, 0.6) is 11.5 Å². The molecule has 0 unspecified atom stereocenters. The van der Waals surface area contributed by atoms with Crippen LogP contribution in [-0.2, 0) is 6.42 Å². The molecule has 0 saturated heterocycles. The minimum absolute atomic E-state index is 0.226. The van der Waals surface area contributed by atoms with Gasteiger partial charge in [0.1, 0.15) is 23.0 Å². The quantitative estimate of drug-likeness (QED) is 0.681. The molecule has 29 heavy (non-hydrogen) atoms. The van der Waals surface area contributed by atoms with Crippen LogP contribution >= 0.6 is 0 Å². The largest absolute Gasteiger partial charge is 0.497 e. The summed E-state index contributed by atoms with van der Waals surface area (Å²) in [6, 6.07) is 12.5. The van der Waals surface area contributed by atoms with Gasteiger partial charge < -0.3 is 19.9 Å². The van der Waals surface area contributed by atoms with E-state index in [0.29, 0.717) is 17.2 Å². The number of carbonyl (C=O) groups is 1. The molecule has 7 nitrogen and oxygen atoms in total.